The maximum atomic E-state index is 5.80. The van der Waals surface area contributed by atoms with Gasteiger partial charge >= 0.3 is 0 Å². The van der Waals surface area contributed by atoms with E-state index in [9.17, 15) is 0 Å². The molecule has 0 saturated heterocycles. The van der Waals surface area contributed by atoms with Gasteiger partial charge < -0.3 is 9.47 Å². The first-order valence-electron chi connectivity index (χ1n) is 6.14. The van der Waals surface area contributed by atoms with Crippen molar-refractivity contribution in [3.8, 4) is 0 Å². The van der Waals surface area contributed by atoms with Crippen LogP contribution in [0.5, 0.6) is 0 Å². The molecule has 2 nitrogen and oxygen atoms in total. The Morgan fingerprint density at radius 1 is 1.12 bits per heavy atom. The Kier molecular flexibility index (Phi) is 7.87. The van der Waals surface area contributed by atoms with Crippen molar-refractivity contribution in [2.24, 2.45) is 5.41 Å². The lowest BCUT2D eigenvalue weighted by molar-refractivity contribution is -0.0232. The molecule has 0 aromatic heterocycles. The van der Waals surface area contributed by atoms with Crippen molar-refractivity contribution in [3.05, 3.63) is 0 Å². The highest BCUT2D eigenvalue weighted by Gasteiger charge is 2.25. The number of rotatable bonds is 9. The van der Waals surface area contributed by atoms with Crippen molar-refractivity contribution < 1.29 is 9.47 Å². The summed E-state index contributed by atoms with van der Waals surface area (Å²) in [7, 11) is 1.75. The maximum absolute atomic E-state index is 5.80. The number of ether oxygens (including phenoxy) is 2. The van der Waals surface area contributed by atoms with Crippen LogP contribution in [0.2, 0.25) is 0 Å². The molecule has 0 aromatic carbocycles. The van der Waals surface area contributed by atoms with E-state index < -0.39 is 0 Å². The van der Waals surface area contributed by atoms with Gasteiger partial charge in [0.15, 0.2) is 0 Å². The quantitative estimate of drug-likeness (QED) is 0.472. The predicted molar refractivity (Wildman–Crippen MR) is 73.3 cm³/mol. The number of alkyl halides is 1. The van der Waals surface area contributed by atoms with Gasteiger partial charge in [-0.25, -0.2) is 0 Å². The molecule has 0 unspecified atom stereocenters. The molecule has 3 heteroatoms. The minimum Gasteiger partial charge on any atom is -0.381 e. The predicted octanol–water partition coefficient (Wildman–Crippen LogP) is 4.02. The van der Waals surface area contributed by atoms with Crippen LogP contribution in [-0.2, 0) is 9.47 Å². The lowest BCUT2D eigenvalue weighted by Gasteiger charge is -2.30. The fourth-order valence-electron chi connectivity index (χ4n) is 1.39. The monoisotopic (exact) mass is 294 g/mol. The average Bonchev–Trinajstić information content (AvgIpc) is 2.30. The van der Waals surface area contributed by atoms with E-state index in [1.54, 1.807) is 7.11 Å². The van der Waals surface area contributed by atoms with Gasteiger partial charge in [-0.1, -0.05) is 29.8 Å². The Balaban J connectivity index is 3.88. The zero-order valence-electron chi connectivity index (χ0n) is 11.4. The summed E-state index contributed by atoms with van der Waals surface area (Å²) < 4.78 is 11.2. The molecule has 0 rings (SSSR count). The zero-order chi connectivity index (χ0) is 12.7. The standard InChI is InChI=1S/C13H27BrO2/c1-6-13(7-2,10-14)11-16-9-8-12(3,4)15-5/h6-11H2,1-5H3. The van der Waals surface area contributed by atoms with Gasteiger partial charge in [0.2, 0.25) is 0 Å². The van der Waals surface area contributed by atoms with E-state index in [1.807, 2.05) is 0 Å². The van der Waals surface area contributed by atoms with Crippen LogP contribution < -0.4 is 0 Å². The van der Waals surface area contributed by atoms with Crippen LogP contribution in [0.1, 0.15) is 47.0 Å². The summed E-state index contributed by atoms with van der Waals surface area (Å²) in [5.74, 6) is 0. The number of hydrogen-bond acceptors (Lipinski definition) is 2. The highest BCUT2D eigenvalue weighted by Crippen LogP contribution is 2.29. The van der Waals surface area contributed by atoms with Crippen molar-refractivity contribution in [3.63, 3.8) is 0 Å². The normalized spacial score (nSPS) is 13.1. The smallest absolute Gasteiger partial charge is 0.0644 e. The summed E-state index contributed by atoms with van der Waals surface area (Å²) in [6, 6.07) is 0. The van der Waals surface area contributed by atoms with E-state index in [0.29, 0.717) is 5.41 Å². The molecule has 0 fully saturated rings. The fourth-order valence-corrected chi connectivity index (χ4v) is 2.35. The largest absolute Gasteiger partial charge is 0.381 e. The van der Waals surface area contributed by atoms with Crippen LogP contribution in [0.15, 0.2) is 0 Å². The van der Waals surface area contributed by atoms with Crippen molar-refractivity contribution in [2.75, 3.05) is 25.7 Å². The molecule has 0 aromatic rings. The minimum absolute atomic E-state index is 0.0739. The topological polar surface area (TPSA) is 18.5 Å². The van der Waals surface area contributed by atoms with Crippen LogP contribution in [0, 0.1) is 5.41 Å². The van der Waals surface area contributed by atoms with Gasteiger partial charge in [0, 0.05) is 24.5 Å². The van der Waals surface area contributed by atoms with Crippen LogP contribution in [0.3, 0.4) is 0 Å². The second-order valence-electron chi connectivity index (χ2n) is 5.11. The van der Waals surface area contributed by atoms with E-state index in [4.69, 9.17) is 9.47 Å². The number of halogens is 1. The molecule has 0 spiro atoms. The summed E-state index contributed by atoms with van der Waals surface area (Å²) >= 11 is 3.59. The van der Waals surface area contributed by atoms with Gasteiger partial charge in [0.25, 0.3) is 0 Å². The van der Waals surface area contributed by atoms with Crippen molar-refractivity contribution in [1.29, 1.82) is 0 Å². The summed E-state index contributed by atoms with van der Waals surface area (Å²) in [6.45, 7) is 10.3. The molecule has 0 aliphatic heterocycles. The summed E-state index contributed by atoms with van der Waals surface area (Å²) in [5, 5.41) is 1.01. The molecule has 0 atom stereocenters. The lowest BCUT2D eigenvalue weighted by Crippen LogP contribution is -2.30. The first kappa shape index (κ1) is 16.4. The summed E-state index contributed by atoms with van der Waals surface area (Å²) in [6.07, 6.45) is 3.25. The van der Waals surface area contributed by atoms with Gasteiger partial charge in [-0.2, -0.15) is 0 Å². The third kappa shape index (κ3) is 5.65. The molecule has 98 valence electrons. The lowest BCUT2D eigenvalue weighted by atomic mass is 9.86. The molecular formula is C13H27BrO2. The van der Waals surface area contributed by atoms with Gasteiger partial charge in [-0.05, 0) is 33.1 Å². The van der Waals surface area contributed by atoms with E-state index in [1.165, 1.54) is 0 Å². The Bertz CT molecular complexity index is 169. The second kappa shape index (κ2) is 7.67. The van der Waals surface area contributed by atoms with E-state index >= 15 is 0 Å². The Morgan fingerprint density at radius 2 is 1.69 bits per heavy atom. The van der Waals surface area contributed by atoms with Crippen LogP contribution in [-0.4, -0.2) is 31.3 Å². The molecule has 0 aliphatic carbocycles. The molecule has 0 aliphatic rings. The molecule has 0 amide bonds. The molecule has 0 heterocycles. The molecule has 0 bridgehead atoms. The first-order chi connectivity index (χ1) is 7.45. The van der Waals surface area contributed by atoms with Gasteiger partial charge in [0.05, 0.1) is 12.2 Å². The molecule has 0 saturated carbocycles. The average molecular weight is 295 g/mol. The highest BCUT2D eigenvalue weighted by atomic mass is 79.9. The highest BCUT2D eigenvalue weighted by molar-refractivity contribution is 9.09. The van der Waals surface area contributed by atoms with Crippen molar-refractivity contribution in [1.82, 2.24) is 0 Å². The summed E-state index contributed by atoms with van der Waals surface area (Å²) in [5.41, 5.74) is 0.229. The molecule has 0 radical (unpaired) electrons. The zero-order valence-corrected chi connectivity index (χ0v) is 13.0. The van der Waals surface area contributed by atoms with Gasteiger partial charge in [0.1, 0.15) is 0 Å². The van der Waals surface area contributed by atoms with Gasteiger partial charge in [-0.15, -0.1) is 0 Å². The molecular weight excluding hydrogens is 268 g/mol. The van der Waals surface area contributed by atoms with Gasteiger partial charge in [-0.3, -0.25) is 0 Å². The molecule has 0 N–H and O–H groups in total. The van der Waals surface area contributed by atoms with Crippen LogP contribution in [0.25, 0.3) is 0 Å². The van der Waals surface area contributed by atoms with E-state index in [0.717, 1.165) is 37.8 Å². The fraction of sp³-hybridized carbons (Fsp3) is 1.00. The number of hydrogen-bond donors (Lipinski definition) is 0. The van der Waals surface area contributed by atoms with Crippen LogP contribution >= 0.6 is 15.9 Å². The number of methoxy groups -OCH3 is 1. The van der Waals surface area contributed by atoms with Crippen molar-refractivity contribution >= 4 is 15.9 Å². The maximum Gasteiger partial charge on any atom is 0.0644 e. The third-order valence-electron chi connectivity index (χ3n) is 3.59. The van der Waals surface area contributed by atoms with E-state index in [2.05, 4.69) is 43.6 Å². The first-order valence-corrected chi connectivity index (χ1v) is 7.26. The second-order valence-corrected chi connectivity index (χ2v) is 5.67. The Morgan fingerprint density at radius 3 is 2.06 bits per heavy atom. The third-order valence-corrected chi connectivity index (χ3v) is 4.78. The Hall–Kier alpha value is 0.400. The summed E-state index contributed by atoms with van der Waals surface area (Å²) in [4.78, 5) is 0. The minimum atomic E-state index is -0.0739. The van der Waals surface area contributed by atoms with Crippen LogP contribution in [0.4, 0.5) is 0 Å². The van der Waals surface area contributed by atoms with Crippen molar-refractivity contribution in [2.45, 2.75) is 52.6 Å². The SMILES string of the molecule is CCC(CC)(CBr)COCCC(C)(C)OC. The Labute approximate surface area is 109 Å². The van der Waals surface area contributed by atoms with E-state index in [-0.39, 0.29) is 5.60 Å². The molecule has 16 heavy (non-hydrogen) atoms.